The molecule has 0 fully saturated rings. The number of ketones is 2. The molecule has 0 aliphatic carbocycles. The Morgan fingerprint density at radius 2 is 0.957 bits per heavy atom. The van der Waals surface area contributed by atoms with Gasteiger partial charge in [0.15, 0.2) is 11.6 Å². The first-order chi connectivity index (χ1) is 22.5. The summed E-state index contributed by atoms with van der Waals surface area (Å²) in [5.41, 5.74) is 4.30. The summed E-state index contributed by atoms with van der Waals surface area (Å²) >= 11 is 0. The first-order valence-corrected chi connectivity index (χ1v) is 16.4. The van der Waals surface area contributed by atoms with Crippen LogP contribution in [0.3, 0.4) is 0 Å². The van der Waals surface area contributed by atoms with Crippen LogP contribution in [0.25, 0.3) is 0 Å². The van der Waals surface area contributed by atoms with Crippen LogP contribution >= 0.6 is 7.82 Å². The number of phosphoric ester groups is 1. The standard InChI is InChI=1S/C36H39O10P/c1-23-19-29(11-7-25(23)9-17-33(37)31-15-13-27(41-3)21-35(31)43-5)45-47(39,40)46-30-12-8-26(24(2)20-30)10-18-34(38)32-16-14-28(42-4)22-36(32)44-6/h7-8,11-16,19-22H,9-10,17-18H2,1-6H3,(H,39,40). The van der Waals surface area contributed by atoms with E-state index in [0.29, 0.717) is 47.0 Å². The van der Waals surface area contributed by atoms with Gasteiger partial charge in [0.05, 0.1) is 39.6 Å². The van der Waals surface area contributed by atoms with Crippen LogP contribution < -0.4 is 28.0 Å². The van der Waals surface area contributed by atoms with E-state index in [1.165, 1.54) is 14.2 Å². The van der Waals surface area contributed by atoms with Gasteiger partial charge < -0.3 is 28.0 Å². The summed E-state index contributed by atoms with van der Waals surface area (Å²) in [4.78, 5) is 36.3. The molecule has 0 atom stereocenters. The second-order valence-corrected chi connectivity index (χ2v) is 12.1. The Labute approximate surface area is 274 Å². The van der Waals surface area contributed by atoms with Crippen LogP contribution in [0.5, 0.6) is 34.5 Å². The van der Waals surface area contributed by atoms with Gasteiger partial charge in [-0.1, -0.05) is 12.1 Å². The topological polar surface area (TPSA) is 127 Å². The molecule has 4 rings (SSSR count). The van der Waals surface area contributed by atoms with Gasteiger partial charge in [0.25, 0.3) is 0 Å². The van der Waals surface area contributed by atoms with Crippen LogP contribution in [0.1, 0.15) is 55.8 Å². The Morgan fingerprint density at radius 1 is 0.574 bits per heavy atom. The zero-order valence-electron chi connectivity index (χ0n) is 27.3. The van der Waals surface area contributed by atoms with Gasteiger partial charge in [0.1, 0.15) is 34.5 Å². The molecule has 10 nitrogen and oxygen atoms in total. The summed E-state index contributed by atoms with van der Waals surface area (Å²) < 4.78 is 44.7. The molecule has 0 saturated heterocycles. The van der Waals surface area contributed by atoms with E-state index in [0.717, 1.165) is 22.3 Å². The highest BCUT2D eigenvalue weighted by atomic mass is 31.2. The second-order valence-electron chi connectivity index (χ2n) is 10.8. The van der Waals surface area contributed by atoms with E-state index in [2.05, 4.69) is 0 Å². The highest BCUT2D eigenvalue weighted by Crippen LogP contribution is 2.45. The van der Waals surface area contributed by atoms with E-state index in [1.807, 2.05) is 13.8 Å². The highest BCUT2D eigenvalue weighted by molar-refractivity contribution is 7.48. The van der Waals surface area contributed by atoms with Crippen molar-refractivity contribution in [1.82, 2.24) is 0 Å². The minimum Gasteiger partial charge on any atom is -0.497 e. The van der Waals surface area contributed by atoms with Crippen LogP contribution in [0.15, 0.2) is 72.8 Å². The first-order valence-electron chi connectivity index (χ1n) is 14.9. The quantitative estimate of drug-likeness (QED) is 0.0950. The number of rotatable bonds is 16. The number of hydrogen-bond donors (Lipinski definition) is 1. The number of hydrogen-bond acceptors (Lipinski definition) is 9. The average Bonchev–Trinajstić information content (AvgIpc) is 3.06. The van der Waals surface area contributed by atoms with Gasteiger partial charge in [0.2, 0.25) is 0 Å². The predicted molar refractivity (Wildman–Crippen MR) is 178 cm³/mol. The summed E-state index contributed by atoms with van der Waals surface area (Å²) in [6.07, 6.45) is 1.39. The molecule has 0 saturated carbocycles. The number of aryl methyl sites for hydroxylation is 4. The van der Waals surface area contributed by atoms with E-state index >= 15 is 0 Å². The second kappa shape index (κ2) is 15.7. The molecule has 47 heavy (non-hydrogen) atoms. The fourth-order valence-corrected chi connectivity index (χ4v) is 5.92. The number of Topliss-reactive ketones (excluding diaryl/α,β-unsaturated/α-hetero) is 2. The molecule has 1 N–H and O–H groups in total. The third-order valence-electron chi connectivity index (χ3n) is 7.73. The lowest BCUT2D eigenvalue weighted by molar-refractivity contribution is 0.0971. The van der Waals surface area contributed by atoms with E-state index in [-0.39, 0.29) is 35.9 Å². The van der Waals surface area contributed by atoms with E-state index in [4.69, 9.17) is 28.0 Å². The molecule has 0 aliphatic rings. The third kappa shape index (κ3) is 9.15. The lowest BCUT2D eigenvalue weighted by atomic mass is 9.99. The van der Waals surface area contributed by atoms with Gasteiger partial charge in [-0.3, -0.25) is 14.5 Å². The number of phosphoric acid groups is 1. The summed E-state index contributed by atoms with van der Waals surface area (Å²) in [6.45, 7) is 3.67. The largest absolute Gasteiger partial charge is 0.584 e. The Kier molecular flexibility index (Phi) is 11.7. The van der Waals surface area contributed by atoms with Gasteiger partial charge in [-0.2, -0.15) is 0 Å². The van der Waals surface area contributed by atoms with Gasteiger partial charge in [-0.05, 0) is 97.5 Å². The van der Waals surface area contributed by atoms with Crippen molar-refractivity contribution in [2.75, 3.05) is 28.4 Å². The van der Waals surface area contributed by atoms with Crippen molar-refractivity contribution in [1.29, 1.82) is 0 Å². The molecule has 0 aliphatic heterocycles. The summed E-state index contributed by atoms with van der Waals surface area (Å²) in [5, 5.41) is 0. The maximum Gasteiger partial charge on any atom is 0.584 e. The number of carbonyl (C=O) groups is 2. The normalized spacial score (nSPS) is 11.0. The minimum atomic E-state index is -4.54. The Morgan fingerprint density at radius 3 is 1.30 bits per heavy atom. The minimum absolute atomic E-state index is 0.0807. The zero-order chi connectivity index (χ0) is 34.1. The predicted octanol–water partition coefficient (Wildman–Crippen LogP) is 7.53. The molecule has 248 valence electrons. The monoisotopic (exact) mass is 662 g/mol. The number of methoxy groups -OCH3 is 4. The Bertz CT molecular complexity index is 1670. The molecule has 0 amide bonds. The van der Waals surface area contributed by atoms with Crippen molar-refractivity contribution in [2.45, 2.75) is 39.5 Å². The SMILES string of the molecule is COc1ccc(C(=O)CCc2ccc(OP(=O)(O)Oc3ccc(CCC(=O)c4ccc(OC)cc4OC)c(C)c3)cc2C)c(OC)c1. The molecular formula is C36H39O10P. The van der Waals surface area contributed by atoms with Gasteiger partial charge in [-0.25, -0.2) is 4.57 Å². The van der Waals surface area contributed by atoms with Gasteiger partial charge >= 0.3 is 7.82 Å². The molecule has 11 heteroatoms. The number of benzene rings is 4. The van der Waals surface area contributed by atoms with Crippen LogP contribution in [-0.4, -0.2) is 44.9 Å². The summed E-state index contributed by atoms with van der Waals surface area (Å²) in [6, 6.07) is 20.0. The van der Waals surface area contributed by atoms with E-state index < -0.39 is 7.82 Å². The summed E-state index contributed by atoms with van der Waals surface area (Å²) in [7, 11) is 1.56. The molecule has 4 aromatic rings. The maximum atomic E-state index is 12.9. The fourth-order valence-electron chi connectivity index (χ4n) is 5.12. The maximum absolute atomic E-state index is 12.9. The van der Waals surface area contributed by atoms with Gasteiger partial charge in [-0.15, -0.1) is 0 Å². The number of carbonyl (C=O) groups excluding carboxylic acids is 2. The molecule has 0 bridgehead atoms. The smallest absolute Gasteiger partial charge is 0.497 e. The van der Waals surface area contributed by atoms with Crippen LogP contribution in [0, 0.1) is 13.8 Å². The molecule has 0 unspecified atom stereocenters. The van der Waals surface area contributed by atoms with E-state index in [9.17, 15) is 19.0 Å². The Hall–Kier alpha value is -4.79. The van der Waals surface area contributed by atoms with Crippen molar-refractivity contribution in [3.05, 3.63) is 106 Å². The van der Waals surface area contributed by atoms with Gasteiger partial charge in [0, 0.05) is 25.0 Å². The lowest BCUT2D eigenvalue weighted by Crippen LogP contribution is -2.05. The van der Waals surface area contributed by atoms with Crippen molar-refractivity contribution >= 4 is 19.4 Å². The molecule has 0 radical (unpaired) electrons. The molecule has 0 spiro atoms. The van der Waals surface area contributed by atoms with Crippen molar-refractivity contribution in [3.63, 3.8) is 0 Å². The van der Waals surface area contributed by atoms with Crippen LogP contribution in [-0.2, 0) is 17.4 Å². The van der Waals surface area contributed by atoms with Crippen molar-refractivity contribution < 1.29 is 47.0 Å². The molecule has 4 aromatic carbocycles. The van der Waals surface area contributed by atoms with Crippen molar-refractivity contribution in [3.8, 4) is 34.5 Å². The molecular weight excluding hydrogens is 623 g/mol. The zero-order valence-corrected chi connectivity index (χ0v) is 28.2. The molecule has 0 aromatic heterocycles. The lowest BCUT2D eigenvalue weighted by Gasteiger charge is -2.16. The fraction of sp³-hybridized carbons (Fsp3) is 0.278. The Balaban J connectivity index is 1.34. The highest BCUT2D eigenvalue weighted by Gasteiger charge is 2.26. The van der Waals surface area contributed by atoms with Crippen molar-refractivity contribution in [2.24, 2.45) is 0 Å². The number of ether oxygens (including phenoxy) is 4. The van der Waals surface area contributed by atoms with E-state index in [1.54, 1.807) is 87.0 Å². The molecule has 0 heterocycles. The first kappa shape index (κ1) is 35.1. The average molecular weight is 663 g/mol. The van der Waals surface area contributed by atoms with Crippen LogP contribution in [0.2, 0.25) is 0 Å². The van der Waals surface area contributed by atoms with Crippen LogP contribution in [0.4, 0.5) is 0 Å². The summed E-state index contributed by atoms with van der Waals surface area (Å²) in [5.74, 6) is 2.22. The third-order valence-corrected chi connectivity index (χ3v) is 8.61.